The van der Waals surface area contributed by atoms with E-state index in [0.717, 1.165) is 16.9 Å². The predicted molar refractivity (Wildman–Crippen MR) is 114 cm³/mol. The Balaban J connectivity index is 1.34. The Morgan fingerprint density at radius 2 is 1.57 bits per heavy atom. The maximum absolute atomic E-state index is 13.1. The molecule has 2 aliphatic rings. The fraction of sp³-hybridized carbons (Fsp3) is 0.333. The molecule has 6 nitrogen and oxygen atoms in total. The molecule has 30 heavy (non-hydrogen) atoms. The van der Waals surface area contributed by atoms with Gasteiger partial charge in [0.2, 0.25) is 18.6 Å². The number of rotatable bonds is 4. The van der Waals surface area contributed by atoms with Gasteiger partial charge < -0.3 is 19.3 Å². The highest BCUT2D eigenvalue weighted by Crippen LogP contribution is 2.32. The number of benzene rings is 2. The average Bonchev–Trinajstić information content (AvgIpc) is 3.25. The summed E-state index contributed by atoms with van der Waals surface area (Å²) in [6.45, 7) is 6.28. The fourth-order valence-electron chi connectivity index (χ4n) is 3.79. The molecule has 2 heterocycles. The highest BCUT2D eigenvalue weighted by Gasteiger charge is 2.35. The SMILES string of the molecule is CC(C)(C(=O)N1CCN(C(=O)C=Cc2ccc3c(c2)OCO3)CC1)c1ccccc1. The van der Waals surface area contributed by atoms with Crippen LogP contribution in [0.25, 0.3) is 6.08 Å². The van der Waals surface area contributed by atoms with Gasteiger partial charge in [0.1, 0.15) is 0 Å². The Hall–Kier alpha value is -3.28. The van der Waals surface area contributed by atoms with Crippen LogP contribution in [0.1, 0.15) is 25.0 Å². The largest absolute Gasteiger partial charge is 0.454 e. The minimum atomic E-state index is -0.591. The van der Waals surface area contributed by atoms with Crippen LogP contribution in [0.2, 0.25) is 0 Å². The van der Waals surface area contributed by atoms with Gasteiger partial charge in [0.05, 0.1) is 5.41 Å². The van der Waals surface area contributed by atoms with Crippen LogP contribution in [0.4, 0.5) is 0 Å². The van der Waals surface area contributed by atoms with Gasteiger partial charge >= 0.3 is 0 Å². The molecule has 0 spiro atoms. The Morgan fingerprint density at radius 1 is 0.900 bits per heavy atom. The topological polar surface area (TPSA) is 59.1 Å². The number of amides is 2. The summed E-state index contributed by atoms with van der Waals surface area (Å²) in [4.78, 5) is 29.3. The summed E-state index contributed by atoms with van der Waals surface area (Å²) in [7, 11) is 0. The van der Waals surface area contributed by atoms with Crippen molar-refractivity contribution in [2.24, 2.45) is 0 Å². The Labute approximate surface area is 176 Å². The molecule has 0 aliphatic carbocycles. The third-order valence-corrected chi connectivity index (χ3v) is 5.72. The van der Waals surface area contributed by atoms with Gasteiger partial charge in [0, 0.05) is 32.3 Å². The summed E-state index contributed by atoms with van der Waals surface area (Å²) >= 11 is 0. The van der Waals surface area contributed by atoms with Crippen molar-refractivity contribution in [3.8, 4) is 11.5 Å². The van der Waals surface area contributed by atoms with E-state index >= 15 is 0 Å². The van der Waals surface area contributed by atoms with Crippen LogP contribution in [-0.2, 0) is 15.0 Å². The van der Waals surface area contributed by atoms with Gasteiger partial charge in [-0.25, -0.2) is 0 Å². The van der Waals surface area contributed by atoms with E-state index in [1.165, 1.54) is 0 Å². The number of fused-ring (bicyclic) bond motifs is 1. The lowest BCUT2D eigenvalue weighted by Gasteiger charge is -2.38. The van der Waals surface area contributed by atoms with E-state index in [2.05, 4.69) is 0 Å². The van der Waals surface area contributed by atoms with Crippen LogP contribution < -0.4 is 9.47 Å². The second-order valence-corrected chi connectivity index (χ2v) is 8.05. The molecule has 156 valence electrons. The van der Waals surface area contributed by atoms with Crippen molar-refractivity contribution in [3.63, 3.8) is 0 Å². The quantitative estimate of drug-likeness (QED) is 0.733. The van der Waals surface area contributed by atoms with Gasteiger partial charge in [-0.2, -0.15) is 0 Å². The monoisotopic (exact) mass is 406 g/mol. The Kier molecular flexibility index (Phi) is 5.48. The smallest absolute Gasteiger partial charge is 0.246 e. The Morgan fingerprint density at radius 3 is 2.30 bits per heavy atom. The molecule has 2 aliphatic heterocycles. The van der Waals surface area contributed by atoms with E-state index < -0.39 is 5.41 Å². The molecule has 1 fully saturated rings. The molecule has 0 aromatic heterocycles. The molecule has 6 heteroatoms. The van der Waals surface area contributed by atoms with Crippen molar-refractivity contribution in [3.05, 3.63) is 65.7 Å². The number of ether oxygens (including phenoxy) is 2. The van der Waals surface area contributed by atoms with Crippen molar-refractivity contribution in [2.45, 2.75) is 19.3 Å². The third kappa shape index (κ3) is 4.03. The number of nitrogens with zero attached hydrogens (tertiary/aromatic N) is 2. The third-order valence-electron chi connectivity index (χ3n) is 5.72. The Bertz CT molecular complexity index is 960. The summed E-state index contributed by atoms with van der Waals surface area (Å²) < 4.78 is 10.7. The molecule has 2 amide bonds. The minimum Gasteiger partial charge on any atom is -0.454 e. The minimum absolute atomic E-state index is 0.0536. The number of hydrogen-bond acceptors (Lipinski definition) is 4. The van der Waals surface area contributed by atoms with E-state index in [9.17, 15) is 9.59 Å². The van der Waals surface area contributed by atoms with Crippen LogP contribution in [0.5, 0.6) is 11.5 Å². The van der Waals surface area contributed by atoms with Crippen LogP contribution in [0, 0.1) is 0 Å². The van der Waals surface area contributed by atoms with Gasteiger partial charge in [-0.15, -0.1) is 0 Å². The van der Waals surface area contributed by atoms with Crippen molar-refractivity contribution in [1.29, 1.82) is 0 Å². The normalized spacial score (nSPS) is 16.2. The molecular formula is C24H26N2O4. The van der Waals surface area contributed by atoms with E-state index in [1.807, 2.05) is 67.3 Å². The van der Waals surface area contributed by atoms with Gasteiger partial charge in [0.15, 0.2) is 11.5 Å². The molecule has 0 unspecified atom stereocenters. The van der Waals surface area contributed by atoms with E-state index in [0.29, 0.717) is 31.9 Å². The zero-order valence-electron chi connectivity index (χ0n) is 17.3. The zero-order valence-corrected chi connectivity index (χ0v) is 17.3. The first-order valence-electron chi connectivity index (χ1n) is 10.2. The summed E-state index contributed by atoms with van der Waals surface area (Å²) in [5.74, 6) is 1.45. The molecule has 0 bridgehead atoms. The van der Waals surface area contributed by atoms with E-state index in [1.54, 1.807) is 17.1 Å². The lowest BCUT2D eigenvalue weighted by Crippen LogP contribution is -2.54. The molecular weight excluding hydrogens is 380 g/mol. The molecule has 0 N–H and O–H groups in total. The van der Waals surface area contributed by atoms with Gasteiger partial charge in [-0.1, -0.05) is 36.4 Å². The summed E-state index contributed by atoms with van der Waals surface area (Å²) in [5, 5.41) is 0. The van der Waals surface area contributed by atoms with Crippen molar-refractivity contribution >= 4 is 17.9 Å². The average molecular weight is 406 g/mol. The highest BCUT2D eigenvalue weighted by atomic mass is 16.7. The predicted octanol–water partition coefficient (Wildman–Crippen LogP) is 3.08. The number of hydrogen-bond donors (Lipinski definition) is 0. The lowest BCUT2D eigenvalue weighted by molar-refractivity contribution is -0.141. The van der Waals surface area contributed by atoms with Crippen LogP contribution >= 0.6 is 0 Å². The van der Waals surface area contributed by atoms with Crippen molar-refractivity contribution < 1.29 is 19.1 Å². The zero-order chi connectivity index (χ0) is 21.1. The summed E-state index contributed by atoms with van der Waals surface area (Å²) in [6, 6.07) is 15.4. The molecule has 2 aromatic rings. The second kappa shape index (κ2) is 8.22. The number of carbonyl (C=O) groups is 2. The molecule has 2 aromatic carbocycles. The van der Waals surface area contributed by atoms with E-state index in [-0.39, 0.29) is 18.6 Å². The van der Waals surface area contributed by atoms with Gasteiger partial charge in [-0.3, -0.25) is 9.59 Å². The van der Waals surface area contributed by atoms with Gasteiger partial charge in [-0.05, 0) is 43.2 Å². The van der Waals surface area contributed by atoms with E-state index in [4.69, 9.17) is 9.47 Å². The maximum atomic E-state index is 13.1. The van der Waals surface area contributed by atoms with Crippen molar-refractivity contribution in [1.82, 2.24) is 9.80 Å². The lowest BCUT2D eigenvalue weighted by atomic mass is 9.83. The standard InChI is InChI=1S/C24H26N2O4/c1-24(2,19-6-4-3-5-7-19)23(28)26-14-12-25(13-15-26)22(27)11-9-18-8-10-20-21(16-18)30-17-29-20/h3-11,16H,12-15,17H2,1-2H3. The van der Waals surface area contributed by atoms with Crippen LogP contribution in [0.3, 0.4) is 0 Å². The maximum Gasteiger partial charge on any atom is 0.246 e. The summed E-state index contributed by atoms with van der Waals surface area (Å²) in [6.07, 6.45) is 3.35. The molecule has 0 saturated carbocycles. The second-order valence-electron chi connectivity index (χ2n) is 8.05. The van der Waals surface area contributed by atoms with Crippen LogP contribution in [0.15, 0.2) is 54.6 Å². The number of piperazine rings is 1. The number of carbonyl (C=O) groups excluding carboxylic acids is 2. The molecule has 0 radical (unpaired) electrons. The first-order valence-corrected chi connectivity index (χ1v) is 10.2. The first kappa shape index (κ1) is 20.0. The molecule has 1 saturated heterocycles. The highest BCUT2D eigenvalue weighted by molar-refractivity contribution is 5.92. The van der Waals surface area contributed by atoms with Crippen LogP contribution in [-0.4, -0.2) is 54.6 Å². The molecule has 4 rings (SSSR count). The summed E-state index contributed by atoms with van der Waals surface area (Å²) in [5.41, 5.74) is 1.29. The van der Waals surface area contributed by atoms with Crippen molar-refractivity contribution in [2.75, 3.05) is 33.0 Å². The first-order chi connectivity index (χ1) is 14.4. The molecule has 0 atom stereocenters. The fourth-order valence-corrected chi connectivity index (χ4v) is 3.79. The van der Waals surface area contributed by atoms with Gasteiger partial charge in [0.25, 0.3) is 0 Å².